The Morgan fingerprint density at radius 1 is 1.14 bits per heavy atom. The number of aromatic nitrogens is 1. The van der Waals surface area contributed by atoms with Crippen molar-refractivity contribution in [1.82, 2.24) is 10.3 Å². The molecule has 0 saturated carbocycles. The van der Waals surface area contributed by atoms with Gasteiger partial charge in [-0.05, 0) is 18.2 Å². The number of amides is 2. The summed E-state index contributed by atoms with van der Waals surface area (Å²) in [6.45, 7) is 0.148. The first-order chi connectivity index (χ1) is 13.9. The molecule has 0 aliphatic heterocycles. The van der Waals surface area contributed by atoms with Gasteiger partial charge in [0.2, 0.25) is 0 Å². The van der Waals surface area contributed by atoms with Gasteiger partial charge in [0.25, 0.3) is 5.69 Å². The van der Waals surface area contributed by atoms with Crippen molar-refractivity contribution < 1.29 is 18.9 Å². The van der Waals surface area contributed by atoms with Crippen LogP contribution in [0.3, 0.4) is 0 Å². The van der Waals surface area contributed by atoms with E-state index >= 15 is 0 Å². The predicted molar refractivity (Wildman–Crippen MR) is 106 cm³/mol. The molecule has 0 bridgehead atoms. The number of rotatable bonds is 6. The lowest BCUT2D eigenvalue weighted by Crippen LogP contribution is -2.36. The van der Waals surface area contributed by atoms with Crippen molar-refractivity contribution >= 4 is 34.5 Å². The highest BCUT2D eigenvalue weighted by Crippen LogP contribution is 2.24. The summed E-state index contributed by atoms with van der Waals surface area (Å²) in [6.07, 6.45) is 0.371. The van der Waals surface area contributed by atoms with Crippen molar-refractivity contribution in [3.05, 3.63) is 75.5 Å². The van der Waals surface area contributed by atoms with Crippen LogP contribution in [0.25, 0.3) is 10.6 Å². The monoisotopic (exact) mass is 414 g/mol. The number of halogens is 1. The van der Waals surface area contributed by atoms with Crippen LogP contribution in [0.1, 0.15) is 5.69 Å². The van der Waals surface area contributed by atoms with Crippen LogP contribution in [0.2, 0.25) is 0 Å². The lowest BCUT2D eigenvalue weighted by atomic mass is 10.2. The number of para-hydroxylation sites is 2. The van der Waals surface area contributed by atoms with E-state index in [1.165, 1.54) is 47.7 Å². The molecule has 2 amide bonds. The third-order valence-corrected chi connectivity index (χ3v) is 4.79. The maximum Gasteiger partial charge on any atom is 0.313 e. The topological polar surface area (TPSA) is 114 Å². The van der Waals surface area contributed by atoms with Gasteiger partial charge in [-0.1, -0.05) is 24.3 Å². The summed E-state index contributed by atoms with van der Waals surface area (Å²) in [5.41, 5.74) is 0.987. The zero-order chi connectivity index (χ0) is 20.8. The second kappa shape index (κ2) is 9.02. The van der Waals surface area contributed by atoms with Gasteiger partial charge in [-0.3, -0.25) is 19.7 Å². The van der Waals surface area contributed by atoms with E-state index < -0.39 is 16.7 Å². The molecule has 2 aromatic carbocycles. The summed E-state index contributed by atoms with van der Waals surface area (Å²) in [4.78, 5) is 38.6. The van der Waals surface area contributed by atoms with E-state index in [-0.39, 0.29) is 23.7 Å². The summed E-state index contributed by atoms with van der Waals surface area (Å²) >= 11 is 1.35. The molecule has 3 aromatic rings. The third-order valence-electron chi connectivity index (χ3n) is 3.85. The van der Waals surface area contributed by atoms with Crippen LogP contribution in [0.15, 0.2) is 53.9 Å². The zero-order valence-corrected chi connectivity index (χ0v) is 15.7. The number of carbonyl (C=O) groups excluding carboxylic acids is 2. The van der Waals surface area contributed by atoms with Crippen LogP contribution >= 0.6 is 11.3 Å². The van der Waals surface area contributed by atoms with Crippen LogP contribution in [0.5, 0.6) is 0 Å². The Kier molecular flexibility index (Phi) is 6.25. The minimum absolute atomic E-state index is 0.0584. The molecule has 1 heterocycles. The Morgan fingerprint density at radius 2 is 1.93 bits per heavy atom. The number of nitrogens with zero attached hydrogens (tertiary/aromatic N) is 2. The van der Waals surface area contributed by atoms with Crippen molar-refractivity contribution in [3.63, 3.8) is 0 Å². The highest BCUT2D eigenvalue weighted by atomic mass is 32.1. The Hall–Kier alpha value is -3.66. The van der Waals surface area contributed by atoms with Crippen molar-refractivity contribution in [2.24, 2.45) is 0 Å². The maximum atomic E-state index is 13.3. The lowest BCUT2D eigenvalue weighted by Gasteiger charge is -2.06. The minimum atomic E-state index is -1.00. The number of hydrogen-bond donors (Lipinski definition) is 2. The molecule has 0 radical (unpaired) electrons. The van der Waals surface area contributed by atoms with E-state index in [0.29, 0.717) is 22.7 Å². The van der Waals surface area contributed by atoms with Gasteiger partial charge >= 0.3 is 11.8 Å². The van der Waals surface area contributed by atoms with Crippen molar-refractivity contribution in [2.75, 3.05) is 11.9 Å². The fraction of sp³-hybridized carbons (Fsp3) is 0.105. The maximum absolute atomic E-state index is 13.3. The van der Waals surface area contributed by atoms with E-state index in [4.69, 9.17) is 0 Å². The lowest BCUT2D eigenvalue weighted by molar-refractivity contribution is -0.383. The molecule has 148 valence electrons. The number of nitrogens with one attached hydrogen (secondary N) is 2. The van der Waals surface area contributed by atoms with E-state index in [0.717, 1.165) is 0 Å². The Balaban J connectivity index is 1.53. The summed E-state index contributed by atoms with van der Waals surface area (Å²) in [5.74, 6) is -2.27. The first-order valence-corrected chi connectivity index (χ1v) is 9.35. The van der Waals surface area contributed by atoms with Crippen LogP contribution in [0.4, 0.5) is 15.8 Å². The standard InChI is InChI=1S/C19H15FN4O4S/c20-13-5-3-4-12(10-13)19-22-14(11-29-19)8-9-21-17(25)18(26)23-15-6-1-2-7-16(15)24(27)28/h1-7,10-11H,8-9H2,(H,21,25)(H,23,26). The first kappa shape index (κ1) is 20.1. The summed E-state index contributed by atoms with van der Waals surface area (Å²) in [7, 11) is 0. The minimum Gasteiger partial charge on any atom is -0.347 e. The van der Waals surface area contributed by atoms with Crippen molar-refractivity contribution in [1.29, 1.82) is 0 Å². The highest BCUT2D eigenvalue weighted by Gasteiger charge is 2.19. The van der Waals surface area contributed by atoms with Gasteiger partial charge in [0.1, 0.15) is 16.5 Å². The molecule has 0 spiro atoms. The quantitative estimate of drug-likeness (QED) is 0.365. The van der Waals surface area contributed by atoms with E-state index in [1.54, 1.807) is 17.5 Å². The first-order valence-electron chi connectivity index (χ1n) is 8.47. The van der Waals surface area contributed by atoms with Crippen molar-refractivity contribution in [3.8, 4) is 10.6 Å². The number of anilines is 1. The Bertz CT molecular complexity index is 1070. The zero-order valence-electron chi connectivity index (χ0n) is 14.9. The highest BCUT2D eigenvalue weighted by molar-refractivity contribution is 7.13. The van der Waals surface area contributed by atoms with Crippen molar-refractivity contribution in [2.45, 2.75) is 6.42 Å². The van der Waals surface area contributed by atoms with Gasteiger partial charge in [0.05, 0.1) is 10.6 Å². The molecule has 0 atom stereocenters. The molecule has 8 nitrogen and oxygen atoms in total. The smallest absolute Gasteiger partial charge is 0.313 e. The van der Waals surface area contributed by atoms with Gasteiger partial charge < -0.3 is 10.6 Å². The average molecular weight is 414 g/mol. The summed E-state index contributed by atoms with van der Waals surface area (Å²) in [5, 5.41) is 18.1. The molecular formula is C19H15FN4O4S. The number of nitro benzene ring substituents is 1. The van der Waals surface area contributed by atoms with E-state index in [1.807, 2.05) is 0 Å². The molecule has 0 fully saturated rings. The second-order valence-electron chi connectivity index (χ2n) is 5.89. The molecule has 3 rings (SSSR count). The number of thiazole rings is 1. The molecular weight excluding hydrogens is 399 g/mol. The van der Waals surface area contributed by atoms with Gasteiger partial charge in [-0.25, -0.2) is 9.37 Å². The number of carbonyl (C=O) groups is 2. The van der Waals surface area contributed by atoms with Gasteiger partial charge in [-0.2, -0.15) is 0 Å². The molecule has 1 aromatic heterocycles. The Labute approximate surface area is 168 Å². The van der Waals surface area contributed by atoms with Crippen LogP contribution in [-0.4, -0.2) is 28.3 Å². The van der Waals surface area contributed by atoms with Crippen LogP contribution in [-0.2, 0) is 16.0 Å². The summed E-state index contributed by atoms with van der Waals surface area (Å²) < 4.78 is 13.3. The molecule has 2 N–H and O–H groups in total. The molecule has 29 heavy (non-hydrogen) atoms. The third kappa shape index (κ3) is 5.20. The molecule has 0 aliphatic rings. The number of nitro groups is 1. The van der Waals surface area contributed by atoms with Crippen LogP contribution in [0, 0.1) is 15.9 Å². The predicted octanol–water partition coefficient (Wildman–Crippen LogP) is 3.15. The van der Waals surface area contributed by atoms with Crippen LogP contribution < -0.4 is 10.6 Å². The van der Waals surface area contributed by atoms with E-state index in [2.05, 4.69) is 15.6 Å². The molecule has 0 unspecified atom stereocenters. The van der Waals surface area contributed by atoms with Gasteiger partial charge in [0, 0.05) is 30.0 Å². The molecule has 10 heteroatoms. The van der Waals surface area contributed by atoms with Gasteiger partial charge in [-0.15, -0.1) is 11.3 Å². The SMILES string of the molecule is O=C(NCCc1csc(-c2cccc(F)c2)n1)C(=O)Nc1ccccc1[N+](=O)[O-]. The molecule has 0 aliphatic carbocycles. The average Bonchev–Trinajstić information content (AvgIpc) is 3.17. The second-order valence-corrected chi connectivity index (χ2v) is 6.75. The summed E-state index contributed by atoms with van der Waals surface area (Å²) in [6, 6.07) is 11.6. The fourth-order valence-corrected chi connectivity index (χ4v) is 3.33. The fourth-order valence-electron chi connectivity index (χ4n) is 2.48. The van der Waals surface area contributed by atoms with Gasteiger partial charge in [0.15, 0.2) is 0 Å². The van der Waals surface area contributed by atoms with E-state index in [9.17, 15) is 24.1 Å². The number of hydrogen-bond acceptors (Lipinski definition) is 6. The normalized spacial score (nSPS) is 10.4. The largest absolute Gasteiger partial charge is 0.347 e. The molecule has 0 saturated heterocycles. The Morgan fingerprint density at radius 3 is 2.69 bits per heavy atom. The number of benzene rings is 2.